The predicted octanol–water partition coefficient (Wildman–Crippen LogP) is 4.72. The number of nitrogens with zero attached hydrogens (tertiary/aromatic N) is 3. The number of hydrogen-bond donors (Lipinski definition) is 4. The largest absolute Gasteiger partial charge is 0.461 e. The van der Waals surface area contributed by atoms with Gasteiger partial charge in [-0.2, -0.15) is 0 Å². The molecule has 65 heavy (non-hydrogen) atoms. The molecule has 7 rings (SSSR count). The van der Waals surface area contributed by atoms with Crippen molar-refractivity contribution in [2.75, 3.05) is 6.61 Å². The Hall–Kier alpha value is -5.91. The molecule has 2 bridgehead atoms. The predicted molar refractivity (Wildman–Crippen MR) is 227 cm³/mol. The maximum Gasteiger partial charge on any atom is 0.338 e. The van der Waals surface area contributed by atoms with Crippen LogP contribution in [-0.2, 0) is 47.7 Å². The third-order valence-electron chi connectivity index (χ3n) is 14.3. The van der Waals surface area contributed by atoms with Crippen LogP contribution in [0.1, 0.15) is 96.1 Å². The number of Topliss-reactive ketones (excluding diaryl/α,β-unsaturated/α-hetero) is 1. The second kappa shape index (κ2) is 17.5. The Morgan fingerprint density at radius 2 is 1.71 bits per heavy atom. The smallest absolute Gasteiger partial charge is 0.338 e. The lowest BCUT2D eigenvalue weighted by atomic mass is 9.44. The van der Waals surface area contributed by atoms with Crippen molar-refractivity contribution in [2.24, 2.45) is 27.8 Å². The minimum atomic E-state index is -2.46. The van der Waals surface area contributed by atoms with E-state index in [-0.39, 0.29) is 35.4 Å². The van der Waals surface area contributed by atoms with Crippen molar-refractivity contribution in [2.45, 2.75) is 128 Å². The van der Waals surface area contributed by atoms with Gasteiger partial charge in [-0.25, -0.2) is 9.59 Å². The highest BCUT2D eigenvalue weighted by Crippen LogP contribution is 2.65. The lowest BCUT2D eigenvalue weighted by Gasteiger charge is -2.67. The van der Waals surface area contributed by atoms with Gasteiger partial charge in [0.05, 0.1) is 35.5 Å². The number of amides is 1. The van der Waals surface area contributed by atoms with Gasteiger partial charge in [-0.05, 0) is 74.9 Å². The van der Waals surface area contributed by atoms with Crippen LogP contribution in [0.15, 0.2) is 82.5 Å². The van der Waals surface area contributed by atoms with Gasteiger partial charge >= 0.3 is 23.9 Å². The number of carbonyl (C=O) groups is 6. The van der Waals surface area contributed by atoms with Gasteiger partial charge in [0.2, 0.25) is 5.91 Å². The summed E-state index contributed by atoms with van der Waals surface area (Å²) < 4.78 is 30.8. The average molecular weight is 899 g/mol. The molecule has 18 heteroatoms. The van der Waals surface area contributed by atoms with Crippen molar-refractivity contribution in [1.29, 1.82) is 0 Å². The van der Waals surface area contributed by atoms with Crippen molar-refractivity contribution < 1.29 is 67.8 Å². The Bertz CT molecular complexity index is 2410. The van der Waals surface area contributed by atoms with Crippen molar-refractivity contribution in [3.63, 3.8) is 0 Å². The fourth-order valence-corrected chi connectivity index (χ4v) is 10.4. The molecule has 4 N–H and O–H groups in total. The number of azide groups is 1. The van der Waals surface area contributed by atoms with Crippen molar-refractivity contribution in [3.05, 3.63) is 99.0 Å². The van der Waals surface area contributed by atoms with Gasteiger partial charge in [0.25, 0.3) is 0 Å². The van der Waals surface area contributed by atoms with E-state index >= 15 is 4.79 Å². The summed E-state index contributed by atoms with van der Waals surface area (Å²) in [5, 5.41) is 44.3. The highest BCUT2D eigenvalue weighted by Gasteiger charge is 2.79. The number of ether oxygens (including phenoxy) is 5. The second-order valence-corrected chi connectivity index (χ2v) is 18.4. The second-order valence-electron chi connectivity index (χ2n) is 18.4. The molecule has 1 heterocycles. The molecule has 4 fully saturated rings. The highest BCUT2D eigenvalue weighted by atomic mass is 16.6. The molecule has 2 aromatic carbocycles. The van der Waals surface area contributed by atoms with Gasteiger partial charge in [-0.1, -0.05) is 67.5 Å². The molecule has 0 spiro atoms. The van der Waals surface area contributed by atoms with Gasteiger partial charge in [-0.15, -0.1) is 0 Å². The van der Waals surface area contributed by atoms with E-state index in [2.05, 4.69) is 15.3 Å². The highest BCUT2D eigenvalue weighted by molar-refractivity contribution is 5.95. The maximum atomic E-state index is 15.5. The van der Waals surface area contributed by atoms with Gasteiger partial charge in [-0.3, -0.25) is 19.2 Å². The molecule has 1 amide bonds. The number of esters is 4. The van der Waals surface area contributed by atoms with Crippen LogP contribution in [0, 0.1) is 22.7 Å². The van der Waals surface area contributed by atoms with Crippen LogP contribution in [0.4, 0.5) is 5.69 Å². The molecule has 3 saturated carbocycles. The maximum absolute atomic E-state index is 15.5. The Balaban J connectivity index is 1.40. The Labute approximate surface area is 374 Å². The Kier molecular flexibility index (Phi) is 12.7. The third-order valence-corrected chi connectivity index (χ3v) is 14.3. The Morgan fingerprint density at radius 1 is 1.02 bits per heavy atom. The standard InChI is InChI=1S/C47H54N4O14/c1-8-23(2)40(56)49-34(26-13-10-9-11-14-26)36(54)43(59)62-30-21-47(60)39(64-42(58)28-15-12-16-29(19-28)50-51-48)37-45(7,38(55)35(53)33(24(30)3)44(47,5)6)31(63-41(57)27-17-18-27)20-32-46(37,22-61-32)65-25(4)52/h8-16,19,27,30-32,34-37,39,53-54,60H,17-18,20-22H2,1-7H3,(H,49,56)/b23-8+/t30-,31-,32+,34-,35+,36+,37-,39-,45+,46-,47+/m0/s1. The summed E-state index contributed by atoms with van der Waals surface area (Å²) in [5.41, 5.74) is 1.64. The number of aliphatic hydroxyl groups is 3. The molecule has 0 unspecified atom stereocenters. The van der Waals surface area contributed by atoms with Crippen LogP contribution in [0.25, 0.3) is 10.4 Å². The van der Waals surface area contributed by atoms with E-state index in [9.17, 15) is 39.3 Å². The van der Waals surface area contributed by atoms with Gasteiger partial charge in [0.1, 0.15) is 36.1 Å². The summed E-state index contributed by atoms with van der Waals surface area (Å²) in [5.74, 6) is -7.30. The zero-order valence-electron chi connectivity index (χ0n) is 37.2. The lowest BCUT2D eigenvalue weighted by Crippen LogP contribution is -2.82. The van der Waals surface area contributed by atoms with Crippen LogP contribution in [0.3, 0.4) is 0 Å². The van der Waals surface area contributed by atoms with E-state index in [0.717, 1.165) is 6.92 Å². The number of allylic oxidation sites excluding steroid dienone is 1. The molecule has 11 atom stereocenters. The Morgan fingerprint density at radius 3 is 2.31 bits per heavy atom. The number of hydrogen-bond acceptors (Lipinski definition) is 15. The molecular weight excluding hydrogens is 845 g/mol. The van der Waals surface area contributed by atoms with E-state index in [1.807, 2.05) is 0 Å². The van der Waals surface area contributed by atoms with Gasteiger partial charge in [0.15, 0.2) is 17.5 Å². The first-order valence-electron chi connectivity index (χ1n) is 21.6. The fourth-order valence-electron chi connectivity index (χ4n) is 10.4. The average Bonchev–Trinajstić information content (AvgIpc) is 4.12. The minimum absolute atomic E-state index is 0.0465. The van der Waals surface area contributed by atoms with Crippen LogP contribution >= 0.6 is 0 Å². The van der Waals surface area contributed by atoms with Crippen molar-refractivity contribution >= 4 is 41.3 Å². The summed E-state index contributed by atoms with van der Waals surface area (Å²) in [7, 11) is 0. The van der Waals surface area contributed by atoms with Crippen LogP contribution in [0.5, 0.6) is 0 Å². The van der Waals surface area contributed by atoms with Crippen LogP contribution in [0.2, 0.25) is 0 Å². The molecule has 1 aliphatic heterocycles. The third kappa shape index (κ3) is 8.01. The molecule has 4 aliphatic carbocycles. The molecule has 0 radical (unpaired) electrons. The summed E-state index contributed by atoms with van der Waals surface area (Å²) in [6, 6.07) is 12.4. The summed E-state index contributed by atoms with van der Waals surface area (Å²) in [6.07, 6.45) is -8.09. The zero-order chi connectivity index (χ0) is 47.4. The molecule has 5 aliphatic rings. The van der Waals surface area contributed by atoms with Crippen molar-refractivity contribution in [1.82, 2.24) is 5.32 Å². The van der Waals surface area contributed by atoms with Crippen molar-refractivity contribution in [3.8, 4) is 0 Å². The normalized spacial score (nSPS) is 32.3. The monoisotopic (exact) mass is 898 g/mol. The lowest BCUT2D eigenvalue weighted by molar-refractivity contribution is -0.346. The molecule has 2 aromatic rings. The topological polar surface area (TPSA) is 270 Å². The first-order chi connectivity index (χ1) is 30.7. The fraction of sp³-hybridized carbons (Fsp3) is 0.532. The van der Waals surface area contributed by atoms with E-state index in [0.29, 0.717) is 24.0 Å². The number of benzene rings is 2. The van der Waals surface area contributed by atoms with Crippen LogP contribution < -0.4 is 5.32 Å². The zero-order valence-corrected chi connectivity index (χ0v) is 37.2. The number of carbonyl (C=O) groups excluding carboxylic acids is 6. The first-order valence-corrected chi connectivity index (χ1v) is 21.6. The number of fused-ring (bicyclic) bond motifs is 5. The quantitative estimate of drug-likeness (QED) is 0.0427. The number of rotatable bonds is 12. The number of aliphatic hydroxyl groups excluding tert-OH is 2. The molecular formula is C47H54N4O14. The molecule has 18 nitrogen and oxygen atoms in total. The molecule has 0 aromatic heterocycles. The number of nitrogens with one attached hydrogen (secondary N) is 1. The SMILES string of the molecule is C/C=C(\C)C(=O)N[C@@H](c1ccccc1)[C@@H](O)C(=O)O[C@H]1C[C@@]2(O)[C@@H](OC(=O)c3cccc(N=[N+]=[N-])c3)[C@@H]3[C@]4(OC(C)=O)CO[C@@H]4C[C@H](OC(=O)C4CC4)[C@@]3(C)C(=O)[C@H](O)C(=C1C)C2(C)C. The van der Waals surface area contributed by atoms with Gasteiger partial charge < -0.3 is 44.3 Å². The summed E-state index contributed by atoms with van der Waals surface area (Å²) in [4.78, 5) is 86.9. The summed E-state index contributed by atoms with van der Waals surface area (Å²) >= 11 is 0. The molecule has 1 saturated heterocycles. The van der Waals surface area contributed by atoms with E-state index in [4.69, 9.17) is 29.2 Å². The minimum Gasteiger partial charge on any atom is -0.461 e. The van der Waals surface area contributed by atoms with Gasteiger partial charge in [0, 0.05) is 41.4 Å². The van der Waals surface area contributed by atoms with E-state index in [1.54, 1.807) is 50.3 Å². The first kappa shape index (κ1) is 47.1. The molecule has 346 valence electrons. The van der Waals surface area contributed by atoms with Crippen LogP contribution in [-0.4, -0.2) is 105 Å². The van der Waals surface area contributed by atoms with E-state index in [1.165, 1.54) is 52.0 Å². The number of ketones is 1. The van der Waals surface area contributed by atoms with E-state index < -0.39 is 119 Å². The summed E-state index contributed by atoms with van der Waals surface area (Å²) in [6.45, 7) is 9.94.